The SMILES string of the molecule is C[N@+]1(CC2CC2)CC[C@@]2(c3cccc(O)c3)C[C@@H](NC(=O)OCc3ccccc3)CCC2(O)C1. The lowest BCUT2D eigenvalue weighted by atomic mass is 9.55. The van der Waals surface area contributed by atoms with Gasteiger partial charge in [0.1, 0.15) is 24.5 Å². The minimum absolute atomic E-state index is 0.0915. The summed E-state index contributed by atoms with van der Waals surface area (Å²) in [4.78, 5) is 12.6. The van der Waals surface area contributed by atoms with Crippen molar-refractivity contribution < 1.29 is 24.2 Å². The number of piperidine rings is 1. The van der Waals surface area contributed by atoms with Crippen molar-refractivity contribution in [2.24, 2.45) is 5.92 Å². The zero-order valence-electron chi connectivity index (χ0n) is 20.1. The number of nitrogens with zero attached hydrogens (tertiary/aromatic N) is 1. The number of hydrogen-bond donors (Lipinski definition) is 3. The molecule has 1 aliphatic heterocycles. The van der Waals surface area contributed by atoms with E-state index in [9.17, 15) is 15.0 Å². The normalized spacial score (nSPS) is 33.1. The van der Waals surface area contributed by atoms with Crippen LogP contribution in [0.15, 0.2) is 54.6 Å². The maximum absolute atomic E-state index is 12.6. The molecule has 34 heavy (non-hydrogen) atoms. The number of phenolic OH excluding ortho intramolecular Hbond substituents is 1. The van der Waals surface area contributed by atoms with Gasteiger partial charge in [-0.05, 0) is 55.4 Å². The summed E-state index contributed by atoms with van der Waals surface area (Å²) in [5, 5.41) is 25.5. The first-order valence-corrected chi connectivity index (χ1v) is 12.6. The summed E-state index contributed by atoms with van der Waals surface area (Å²) in [5.74, 6) is 1.01. The summed E-state index contributed by atoms with van der Waals surface area (Å²) in [6, 6.07) is 16.9. The zero-order valence-corrected chi connectivity index (χ0v) is 20.1. The molecule has 2 aromatic rings. The van der Waals surface area contributed by atoms with Gasteiger partial charge in [0.15, 0.2) is 0 Å². The Labute approximate surface area is 202 Å². The van der Waals surface area contributed by atoms with E-state index in [1.54, 1.807) is 12.1 Å². The second-order valence-electron chi connectivity index (χ2n) is 11.2. The molecular formula is C28H37N2O4+. The molecule has 1 heterocycles. The van der Waals surface area contributed by atoms with Crippen molar-refractivity contribution in [1.29, 1.82) is 0 Å². The number of ether oxygens (including phenoxy) is 1. The number of benzene rings is 2. The molecule has 1 unspecified atom stereocenters. The van der Waals surface area contributed by atoms with E-state index in [4.69, 9.17) is 4.74 Å². The smallest absolute Gasteiger partial charge is 0.407 e. The van der Waals surface area contributed by atoms with Gasteiger partial charge >= 0.3 is 6.09 Å². The largest absolute Gasteiger partial charge is 0.508 e. The molecule has 1 saturated heterocycles. The monoisotopic (exact) mass is 465 g/mol. The fourth-order valence-corrected chi connectivity index (χ4v) is 6.57. The van der Waals surface area contributed by atoms with Crippen LogP contribution in [0.4, 0.5) is 4.79 Å². The van der Waals surface area contributed by atoms with Crippen molar-refractivity contribution in [1.82, 2.24) is 5.32 Å². The molecular weight excluding hydrogens is 428 g/mol. The van der Waals surface area contributed by atoms with Crippen LogP contribution in [0.2, 0.25) is 0 Å². The third-order valence-corrected chi connectivity index (χ3v) is 8.44. The molecule has 3 fully saturated rings. The number of fused-ring (bicyclic) bond motifs is 1. The highest BCUT2D eigenvalue weighted by Crippen LogP contribution is 2.53. The van der Waals surface area contributed by atoms with Gasteiger partial charge in [0.25, 0.3) is 0 Å². The molecule has 0 bridgehead atoms. The highest BCUT2D eigenvalue weighted by Gasteiger charge is 2.62. The number of aromatic hydroxyl groups is 1. The van der Waals surface area contributed by atoms with Gasteiger partial charge in [0, 0.05) is 23.8 Å². The number of likely N-dealkylation sites (N-methyl/N-ethyl adjacent to an activating group) is 1. The van der Waals surface area contributed by atoms with Crippen molar-refractivity contribution in [2.45, 2.75) is 62.2 Å². The predicted molar refractivity (Wildman–Crippen MR) is 130 cm³/mol. The van der Waals surface area contributed by atoms with Crippen molar-refractivity contribution in [3.05, 3.63) is 65.7 Å². The first-order valence-electron chi connectivity index (χ1n) is 12.6. The molecule has 0 spiro atoms. The summed E-state index contributed by atoms with van der Waals surface area (Å²) in [5.41, 5.74) is 0.529. The molecule has 2 aliphatic carbocycles. The number of hydrogen-bond acceptors (Lipinski definition) is 4. The molecule has 3 N–H and O–H groups in total. The van der Waals surface area contributed by atoms with Crippen LogP contribution in [-0.2, 0) is 16.8 Å². The number of quaternary nitrogens is 1. The molecule has 2 saturated carbocycles. The fourth-order valence-electron chi connectivity index (χ4n) is 6.57. The van der Waals surface area contributed by atoms with E-state index < -0.39 is 17.1 Å². The number of phenols is 1. The Morgan fingerprint density at radius 2 is 1.91 bits per heavy atom. The molecule has 0 radical (unpaired) electrons. The van der Waals surface area contributed by atoms with Crippen molar-refractivity contribution in [3.63, 3.8) is 0 Å². The Morgan fingerprint density at radius 1 is 1.12 bits per heavy atom. The minimum Gasteiger partial charge on any atom is -0.508 e. The molecule has 1 amide bonds. The summed E-state index contributed by atoms with van der Waals surface area (Å²) in [7, 11) is 2.29. The lowest BCUT2D eigenvalue weighted by Gasteiger charge is -2.59. The zero-order chi connectivity index (χ0) is 23.8. The van der Waals surface area contributed by atoms with Crippen LogP contribution in [0.3, 0.4) is 0 Å². The Balaban J connectivity index is 1.34. The standard InChI is InChI=1S/C28H36N2O4/c1-30(18-21-10-11-21)15-14-27(23-8-5-9-25(31)16-23)17-24(12-13-28(27,33)20-30)29-26(32)34-19-22-6-3-2-4-7-22/h2-9,16,21,24,33H,10-15,17-20H2,1H3,(H-,29,31,32)/p+1/t24-,27-,28?,30+/m0/s1. The van der Waals surface area contributed by atoms with Crippen molar-refractivity contribution in [3.8, 4) is 5.75 Å². The quantitative estimate of drug-likeness (QED) is 0.562. The Kier molecular flexibility index (Phi) is 6.07. The number of nitrogens with one attached hydrogen (secondary N) is 1. The summed E-state index contributed by atoms with van der Waals surface area (Å²) >= 11 is 0. The van der Waals surface area contributed by atoms with E-state index in [2.05, 4.69) is 12.4 Å². The minimum atomic E-state index is -0.880. The fraction of sp³-hybridized carbons (Fsp3) is 0.536. The van der Waals surface area contributed by atoms with Crippen molar-refractivity contribution >= 4 is 6.09 Å². The average Bonchev–Trinajstić information content (AvgIpc) is 3.62. The maximum atomic E-state index is 12.6. The number of rotatable bonds is 6. The lowest BCUT2D eigenvalue weighted by molar-refractivity contribution is -0.925. The number of likely N-dealkylation sites (tertiary alicyclic amines) is 1. The molecule has 182 valence electrons. The lowest BCUT2D eigenvalue weighted by Crippen LogP contribution is -2.71. The van der Waals surface area contributed by atoms with Crippen LogP contribution >= 0.6 is 0 Å². The highest BCUT2D eigenvalue weighted by molar-refractivity contribution is 5.67. The molecule has 6 nitrogen and oxygen atoms in total. The van der Waals surface area contributed by atoms with Crippen LogP contribution in [0, 0.1) is 5.92 Å². The second-order valence-corrected chi connectivity index (χ2v) is 11.2. The summed E-state index contributed by atoms with van der Waals surface area (Å²) in [6.45, 7) is 3.06. The van der Waals surface area contributed by atoms with Crippen molar-refractivity contribution in [2.75, 3.05) is 26.7 Å². The van der Waals surface area contributed by atoms with Gasteiger partial charge in [0.05, 0.1) is 20.1 Å². The van der Waals surface area contributed by atoms with Gasteiger partial charge in [-0.1, -0.05) is 42.5 Å². The third kappa shape index (κ3) is 4.66. The molecule has 5 rings (SSSR count). The topological polar surface area (TPSA) is 78.8 Å². The van der Waals surface area contributed by atoms with Crippen LogP contribution in [0.1, 0.15) is 49.7 Å². The summed E-state index contributed by atoms with van der Waals surface area (Å²) in [6.07, 6.45) is 4.98. The number of carbonyl (C=O) groups excluding carboxylic acids is 1. The van der Waals surface area contributed by atoms with E-state index in [0.717, 1.165) is 41.0 Å². The van der Waals surface area contributed by atoms with E-state index in [1.807, 2.05) is 42.5 Å². The average molecular weight is 466 g/mol. The molecule has 0 aromatic heterocycles. The Morgan fingerprint density at radius 3 is 2.65 bits per heavy atom. The molecule has 6 heteroatoms. The van der Waals surface area contributed by atoms with Crippen LogP contribution < -0.4 is 5.32 Å². The van der Waals surface area contributed by atoms with E-state index in [0.29, 0.717) is 25.8 Å². The van der Waals surface area contributed by atoms with Gasteiger partial charge in [-0.3, -0.25) is 0 Å². The third-order valence-electron chi connectivity index (χ3n) is 8.44. The molecule has 3 aliphatic rings. The maximum Gasteiger partial charge on any atom is 0.407 e. The summed E-state index contributed by atoms with van der Waals surface area (Å²) < 4.78 is 6.38. The van der Waals surface area contributed by atoms with Gasteiger partial charge in [0.2, 0.25) is 0 Å². The first-order chi connectivity index (χ1) is 16.3. The van der Waals surface area contributed by atoms with Crippen LogP contribution in [0.25, 0.3) is 0 Å². The number of alkyl carbamates (subject to hydrolysis) is 1. The van der Waals surface area contributed by atoms with Crippen LogP contribution in [-0.4, -0.2) is 59.1 Å². The molecule has 4 atom stereocenters. The first kappa shape index (κ1) is 23.2. The number of carbonyl (C=O) groups is 1. The van der Waals surface area contributed by atoms with Gasteiger partial charge in [-0.25, -0.2) is 4.79 Å². The predicted octanol–water partition coefficient (Wildman–Crippen LogP) is 4.10. The Bertz CT molecular complexity index is 1030. The van der Waals surface area contributed by atoms with Gasteiger partial charge < -0.3 is 24.7 Å². The van der Waals surface area contributed by atoms with Gasteiger partial charge in [-0.2, -0.15) is 0 Å². The van der Waals surface area contributed by atoms with E-state index in [-0.39, 0.29) is 18.4 Å². The number of aliphatic hydroxyl groups is 1. The highest BCUT2D eigenvalue weighted by atomic mass is 16.5. The van der Waals surface area contributed by atoms with E-state index >= 15 is 0 Å². The molecule has 2 aromatic carbocycles. The van der Waals surface area contributed by atoms with Gasteiger partial charge in [-0.15, -0.1) is 0 Å². The van der Waals surface area contributed by atoms with Crippen LogP contribution in [0.5, 0.6) is 5.75 Å². The Hall–Kier alpha value is -2.57. The second kappa shape index (κ2) is 8.90. The number of amides is 1. The van der Waals surface area contributed by atoms with E-state index in [1.165, 1.54) is 12.8 Å².